The van der Waals surface area contributed by atoms with Gasteiger partial charge in [-0.2, -0.15) is 0 Å². The zero-order valence-corrected chi connectivity index (χ0v) is 9.90. The van der Waals surface area contributed by atoms with Crippen molar-refractivity contribution >= 4 is 17.4 Å². The van der Waals surface area contributed by atoms with Gasteiger partial charge in [0.05, 0.1) is 0 Å². The summed E-state index contributed by atoms with van der Waals surface area (Å²) < 4.78 is 0. The Kier molecular flexibility index (Phi) is 3.24. The second-order valence-electron chi connectivity index (χ2n) is 4.23. The first-order valence-electron chi connectivity index (χ1n) is 5.78. The summed E-state index contributed by atoms with van der Waals surface area (Å²) in [6, 6.07) is 5.52. The van der Waals surface area contributed by atoms with Crippen molar-refractivity contribution in [1.29, 1.82) is 0 Å². The maximum Gasteiger partial charge on any atom is 0.223 e. The van der Waals surface area contributed by atoms with Gasteiger partial charge in [-0.25, -0.2) is 0 Å². The topological polar surface area (TPSA) is 63.4 Å². The standard InChI is InChI=1S/C13H16N2O2/c1-9(16)15-7-5-10-8-11(2-3-12(10)15)13(17)4-6-14/h2-3,8H,4-7,14H2,1H3. The van der Waals surface area contributed by atoms with Crippen LogP contribution in [-0.4, -0.2) is 24.8 Å². The number of carbonyl (C=O) groups is 2. The smallest absolute Gasteiger partial charge is 0.223 e. The molecule has 90 valence electrons. The fraction of sp³-hybridized carbons (Fsp3) is 0.385. The number of carbonyl (C=O) groups excluding carboxylic acids is 2. The summed E-state index contributed by atoms with van der Waals surface area (Å²) in [4.78, 5) is 24.8. The third kappa shape index (κ3) is 2.22. The van der Waals surface area contributed by atoms with Crippen molar-refractivity contribution < 1.29 is 9.59 Å². The molecule has 1 aliphatic rings. The highest BCUT2D eigenvalue weighted by Crippen LogP contribution is 2.29. The molecule has 0 aliphatic carbocycles. The molecule has 0 radical (unpaired) electrons. The van der Waals surface area contributed by atoms with Gasteiger partial charge in [0.25, 0.3) is 0 Å². The highest BCUT2D eigenvalue weighted by atomic mass is 16.2. The average Bonchev–Trinajstić information content (AvgIpc) is 2.71. The Bertz CT molecular complexity index is 468. The van der Waals surface area contributed by atoms with Gasteiger partial charge < -0.3 is 10.6 Å². The molecule has 0 fully saturated rings. The van der Waals surface area contributed by atoms with E-state index in [-0.39, 0.29) is 11.7 Å². The van der Waals surface area contributed by atoms with Crippen molar-refractivity contribution in [2.45, 2.75) is 19.8 Å². The maximum atomic E-state index is 11.7. The number of nitrogens with zero attached hydrogens (tertiary/aromatic N) is 1. The van der Waals surface area contributed by atoms with Crippen LogP contribution in [0.1, 0.15) is 29.3 Å². The number of benzene rings is 1. The molecular weight excluding hydrogens is 216 g/mol. The summed E-state index contributed by atoms with van der Waals surface area (Å²) in [5.74, 6) is 0.112. The average molecular weight is 232 g/mol. The molecule has 0 saturated heterocycles. The number of Topliss-reactive ketones (excluding diaryl/α,β-unsaturated/α-hetero) is 1. The molecule has 1 aromatic carbocycles. The van der Waals surface area contributed by atoms with Crippen LogP contribution in [0.4, 0.5) is 5.69 Å². The lowest BCUT2D eigenvalue weighted by molar-refractivity contribution is -0.116. The van der Waals surface area contributed by atoms with Gasteiger partial charge in [0.1, 0.15) is 0 Å². The number of anilines is 1. The molecule has 4 heteroatoms. The Morgan fingerprint density at radius 3 is 2.82 bits per heavy atom. The predicted molar refractivity (Wildman–Crippen MR) is 66.2 cm³/mol. The number of hydrogen-bond acceptors (Lipinski definition) is 3. The van der Waals surface area contributed by atoms with Crippen LogP contribution < -0.4 is 10.6 Å². The van der Waals surface area contributed by atoms with Gasteiger partial charge in [0.2, 0.25) is 5.91 Å². The number of fused-ring (bicyclic) bond motifs is 1. The Morgan fingerprint density at radius 2 is 2.18 bits per heavy atom. The second-order valence-corrected chi connectivity index (χ2v) is 4.23. The van der Waals surface area contributed by atoms with Crippen molar-refractivity contribution in [2.75, 3.05) is 18.0 Å². The van der Waals surface area contributed by atoms with Gasteiger partial charge >= 0.3 is 0 Å². The number of nitrogens with two attached hydrogens (primary N) is 1. The van der Waals surface area contributed by atoms with E-state index in [1.807, 2.05) is 12.1 Å². The lowest BCUT2D eigenvalue weighted by Crippen LogP contribution is -2.25. The minimum Gasteiger partial charge on any atom is -0.330 e. The van der Waals surface area contributed by atoms with Crippen LogP contribution in [0, 0.1) is 0 Å². The largest absolute Gasteiger partial charge is 0.330 e. The van der Waals surface area contributed by atoms with E-state index in [1.54, 1.807) is 17.9 Å². The summed E-state index contributed by atoms with van der Waals surface area (Å²) in [6.07, 6.45) is 1.19. The van der Waals surface area contributed by atoms with Crippen molar-refractivity contribution in [3.63, 3.8) is 0 Å². The van der Waals surface area contributed by atoms with E-state index >= 15 is 0 Å². The van der Waals surface area contributed by atoms with E-state index < -0.39 is 0 Å². The van der Waals surface area contributed by atoms with E-state index in [4.69, 9.17) is 5.73 Å². The van der Waals surface area contributed by atoms with Crippen molar-refractivity contribution in [1.82, 2.24) is 0 Å². The highest BCUT2D eigenvalue weighted by molar-refractivity contribution is 5.99. The van der Waals surface area contributed by atoms with Gasteiger partial charge in [-0.05, 0) is 36.7 Å². The maximum absolute atomic E-state index is 11.7. The van der Waals surface area contributed by atoms with Crippen LogP contribution in [-0.2, 0) is 11.2 Å². The molecule has 17 heavy (non-hydrogen) atoms. The van der Waals surface area contributed by atoms with Crippen molar-refractivity contribution in [3.05, 3.63) is 29.3 Å². The summed E-state index contributed by atoms with van der Waals surface area (Å²) in [5, 5.41) is 0. The van der Waals surface area contributed by atoms with Crippen molar-refractivity contribution in [2.24, 2.45) is 5.73 Å². The van der Waals surface area contributed by atoms with Gasteiger partial charge in [-0.3, -0.25) is 9.59 Å². The number of ketones is 1. The highest BCUT2D eigenvalue weighted by Gasteiger charge is 2.22. The SMILES string of the molecule is CC(=O)N1CCc2cc(C(=O)CCN)ccc21. The third-order valence-electron chi connectivity index (χ3n) is 3.05. The Morgan fingerprint density at radius 1 is 1.41 bits per heavy atom. The molecule has 0 saturated carbocycles. The predicted octanol–water partition coefficient (Wildman–Crippen LogP) is 1.13. The van der Waals surface area contributed by atoms with E-state index in [0.29, 0.717) is 25.1 Å². The summed E-state index contributed by atoms with van der Waals surface area (Å²) >= 11 is 0. The molecule has 1 amide bonds. The molecule has 1 heterocycles. The van der Waals surface area contributed by atoms with E-state index in [0.717, 1.165) is 17.7 Å². The monoisotopic (exact) mass is 232 g/mol. The van der Waals surface area contributed by atoms with Gasteiger partial charge in [0.15, 0.2) is 5.78 Å². The first kappa shape index (κ1) is 11.8. The molecule has 2 N–H and O–H groups in total. The van der Waals surface area contributed by atoms with Gasteiger partial charge in [-0.15, -0.1) is 0 Å². The van der Waals surface area contributed by atoms with Crippen LogP contribution in [0.5, 0.6) is 0 Å². The number of rotatable bonds is 3. The minimum atomic E-state index is 0.0461. The lowest BCUT2D eigenvalue weighted by atomic mass is 10.0. The fourth-order valence-electron chi connectivity index (χ4n) is 2.18. The van der Waals surface area contributed by atoms with Crippen LogP contribution in [0.3, 0.4) is 0 Å². The van der Waals surface area contributed by atoms with Crippen molar-refractivity contribution in [3.8, 4) is 0 Å². The first-order valence-corrected chi connectivity index (χ1v) is 5.78. The quantitative estimate of drug-likeness (QED) is 0.794. The minimum absolute atomic E-state index is 0.0461. The Labute approximate surface area is 100 Å². The van der Waals surface area contributed by atoms with Crippen LogP contribution in [0.15, 0.2) is 18.2 Å². The van der Waals surface area contributed by atoms with Gasteiger partial charge in [-0.1, -0.05) is 0 Å². The van der Waals surface area contributed by atoms with E-state index in [9.17, 15) is 9.59 Å². The molecule has 4 nitrogen and oxygen atoms in total. The van der Waals surface area contributed by atoms with Crippen LogP contribution in [0.25, 0.3) is 0 Å². The fourth-order valence-corrected chi connectivity index (χ4v) is 2.18. The molecular formula is C13H16N2O2. The summed E-state index contributed by atoms with van der Waals surface area (Å²) in [7, 11) is 0. The zero-order valence-electron chi connectivity index (χ0n) is 9.90. The molecule has 1 aromatic rings. The molecule has 0 bridgehead atoms. The zero-order chi connectivity index (χ0) is 12.4. The van der Waals surface area contributed by atoms with Crippen LogP contribution >= 0.6 is 0 Å². The summed E-state index contributed by atoms with van der Waals surface area (Å²) in [6.45, 7) is 2.64. The normalized spacial score (nSPS) is 13.6. The lowest BCUT2D eigenvalue weighted by Gasteiger charge is -2.14. The molecule has 0 unspecified atom stereocenters. The molecule has 0 atom stereocenters. The first-order chi connectivity index (χ1) is 8.13. The van der Waals surface area contributed by atoms with E-state index in [2.05, 4.69) is 0 Å². The molecule has 1 aliphatic heterocycles. The number of hydrogen-bond donors (Lipinski definition) is 1. The molecule has 0 aromatic heterocycles. The van der Waals surface area contributed by atoms with E-state index in [1.165, 1.54) is 0 Å². The van der Waals surface area contributed by atoms with Gasteiger partial charge in [0, 0.05) is 31.1 Å². The molecule has 0 spiro atoms. The number of amides is 1. The third-order valence-corrected chi connectivity index (χ3v) is 3.05. The Hall–Kier alpha value is -1.68. The Balaban J connectivity index is 2.28. The molecule has 2 rings (SSSR count). The second kappa shape index (κ2) is 4.67. The van der Waals surface area contributed by atoms with Crippen LogP contribution in [0.2, 0.25) is 0 Å². The summed E-state index contributed by atoms with van der Waals surface area (Å²) in [5.41, 5.74) is 8.07.